The molecule has 0 spiro atoms. The lowest BCUT2D eigenvalue weighted by atomic mass is 10.0. The van der Waals surface area contributed by atoms with Crippen molar-refractivity contribution < 1.29 is 4.74 Å². The van der Waals surface area contributed by atoms with Crippen molar-refractivity contribution in [3.05, 3.63) is 71.0 Å². The van der Waals surface area contributed by atoms with Crippen LogP contribution in [0.2, 0.25) is 0 Å². The number of hydrogen-bond acceptors (Lipinski definition) is 3. The lowest BCUT2D eigenvalue weighted by Gasteiger charge is -2.11. The third-order valence-corrected chi connectivity index (χ3v) is 5.15. The van der Waals surface area contributed by atoms with E-state index in [1.54, 1.807) is 0 Å². The molecule has 29 heavy (non-hydrogen) atoms. The van der Waals surface area contributed by atoms with Gasteiger partial charge in [0.15, 0.2) is 0 Å². The van der Waals surface area contributed by atoms with Crippen molar-refractivity contribution in [1.82, 2.24) is 9.97 Å². The highest BCUT2D eigenvalue weighted by Crippen LogP contribution is 2.32. The number of aryl methyl sites for hydroxylation is 2. The summed E-state index contributed by atoms with van der Waals surface area (Å²) in [5.74, 6) is 1.35. The molecule has 0 saturated carbocycles. The van der Waals surface area contributed by atoms with Gasteiger partial charge in [0.1, 0.15) is 17.6 Å². The van der Waals surface area contributed by atoms with Crippen LogP contribution in [0.15, 0.2) is 48.5 Å². The summed E-state index contributed by atoms with van der Waals surface area (Å²) in [6, 6.07) is 18.6. The molecule has 0 atom stereocenters. The van der Waals surface area contributed by atoms with E-state index in [2.05, 4.69) is 61.1 Å². The maximum absolute atomic E-state index is 9.90. The highest BCUT2D eigenvalue weighted by Gasteiger charge is 2.13. The molecule has 0 saturated heterocycles. The predicted molar refractivity (Wildman–Crippen MR) is 119 cm³/mol. The summed E-state index contributed by atoms with van der Waals surface area (Å²) in [6.07, 6.45) is 2.80. The molecule has 0 fully saturated rings. The van der Waals surface area contributed by atoms with Crippen LogP contribution in [-0.2, 0) is 0 Å². The van der Waals surface area contributed by atoms with Crippen LogP contribution in [0.4, 0.5) is 0 Å². The van der Waals surface area contributed by atoms with Crippen LogP contribution in [0.1, 0.15) is 35.9 Å². The average molecular weight is 381 g/mol. The Balaban J connectivity index is 1.89. The fourth-order valence-corrected chi connectivity index (χ4v) is 3.46. The van der Waals surface area contributed by atoms with E-state index in [0.29, 0.717) is 18.0 Å². The van der Waals surface area contributed by atoms with Gasteiger partial charge in [0.05, 0.1) is 23.2 Å². The van der Waals surface area contributed by atoms with Gasteiger partial charge in [0.25, 0.3) is 0 Å². The van der Waals surface area contributed by atoms with Crippen LogP contribution >= 0.6 is 0 Å². The number of hydrogen-bond donors (Lipinski definition) is 1. The molecular formula is C25H23N3O. The van der Waals surface area contributed by atoms with Crippen LogP contribution in [0, 0.1) is 25.2 Å². The van der Waals surface area contributed by atoms with Crippen molar-refractivity contribution in [3.63, 3.8) is 0 Å². The van der Waals surface area contributed by atoms with Crippen molar-refractivity contribution in [3.8, 4) is 11.8 Å². The third-order valence-electron chi connectivity index (χ3n) is 5.15. The maximum atomic E-state index is 9.90. The Kier molecular flexibility index (Phi) is 5.05. The first-order chi connectivity index (χ1) is 14.1. The zero-order valence-corrected chi connectivity index (χ0v) is 16.9. The Labute approximate surface area is 170 Å². The van der Waals surface area contributed by atoms with Crippen LogP contribution < -0.4 is 4.74 Å². The number of benzene rings is 3. The second-order valence-corrected chi connectivity index (χ2v) is 7.26. The third kappa shape index (κ3) is 3.60. The summed E-state index contributed by atoms with van der Waals surface area (Å²) >= 11 is 0. The molecule has 144 valence electrons. The van der Waals surface area contributed by atoms with Crippen molar-refractivity contribution in [2.75, 3.05) is 6.61 Å². The minimum atomic E-state index is 0.481. The van der Waals surface area contributed by atoms with Crippen LogP contribution in [0.5, 0.6) is 5.75 Å². The number of rotatable bonds is 5. The summed E-state index contributed by atoms with van der Waals surface area (Å²) < 4.78 is 5.98. The number of aromatic amines is 1. The number of imidazole rings is 1. The van der Waals surface area contributed by atoms with E-state index in [1.807, 2.05) is 30.3 Å². The molecule has 0 aliphatic rings. The largest absolute Gasteiger partial charge is 0.493 e. The molecule has 0 aliphatic heterocycles. The van der Waals surface area contributed by atoms with Crippen molar-refractivity contribution >= 4 is 33.5 Å². The molecule has 4 nitrogen and oxygen atoms in total. The first kappa shape index (κ1) is 18.8. The zero-order chi connectivity index (χ0) is 20.4. The summed E-state index contributed by atoms with van der Waals surface area (Å²) in [5.41, 5.74) is 5.56. The summed E-state index contributed by atoms with van der Waals surface area (Å²) in [4.78, 5) is 7.97. The average Bonchev–Trinajstić information content (AvgIpc) is 3.13. The monoisotopic (exact) mass is 381 g/mol. The van der Waals surface area contributed by atoms with Gasteiger partial charge in [-0.05, 0) is 66.4 Å². The van der Waals surface area contributed by atoms with Gasteiger partial charge in [-0.1, -0.05) is 37.3 Å². The molecule has 1 N–H and O–H groups in total. The first-order valence-corrected chi connectivity index (χ1v) is 9.84. The number of nitrogens with one attached hydrogen (secondary N) is 1. The Hall–Kier alpha value is -3.58. The maximum Gasteiger partial charge on any atom is 0.149 e. The first-order valence-electron chi connectivity index (χ1n) is 9.84. The van der Waals surface area contributed by atoms with E-state index < -0.39 is 0 Å². The Morgan fingerprint density at radius 3 is 2.72 bits per heavy atom. The molecule has 0 aliphatic carbocycles. The van der Waals surface area contributed by atoms with E-state index in [0.717, 1.165) is 39.5 Å². The van der Waals surface area contributed by atoms with E-state index in [4.69, 9.17) is 4.74 Å². The molecule has 4 heteroatoms. The number of nitrogens with zero attached hydrogens (tertiary/aromatic N) is 2. The fourth-order valence-electron chi connectivity index (χ4n) is 3.46. The van der Waals surface area contributed by atoms with Crippen molar-refractivity contribution in [1.29, 1.82) is 5.26 Å². The van der Waals surface area contributed by atoms with Gasteiger partial charge in [0.2, 0.25) is 0 Å². The molecule has 4 aromatic rings. The van der Waals surface area contributed by atoms with Gasteiger partial charge in [-0.15, -0.1) is 0 Å². The normalized spacial score (nSPS) is 11.7. The number of aromatic nitrogens is 2. The van der Waals surface area contributed by atoms with Crippen LogP contribution in [0.25, 0.3) is 33.5 Å². The molecule has 4 rings (SSSR count). The number of allylic oxidation sites excluding steroid dienone is 1. The molecule has 0 unspecified atom stereocenters. The topological polar surface area (TPSA) is 61.7 Å². The standard InChI is InChI=1S/C25H23N3O/c1-4-11-29-24-10-9-18-7-5-6-8-20(18)21(24)14-19(15-26)25-27-22-12-16(2)17(3)13-23(22)28-25/h5-10,12-14H,4,11H2,1-3H3,(H,27,28). The van der Waals surface area contributed by atoms with Gasteiger partial charge < -0.3 is 9.72 Å². The number of nitriles is 1. The number of H-pyrrole nitrogens is 1. The quantitative estimate of drug-likeness (QED) is 0.420. The summed E-state index contributed by atoms with van der Waals surface area (Å²) in [5, 5.41) is 12.1. The van der Waals surface area contributed by atoms with Crippen LogP contribution in [0.3, 0.4) is 0 Å². The highest BCUT2D eigenvalue weighted by atomic mass is 16.5. The Morgan fingerprint density at radius 1 is 1.14 bits per heavy atom. The van der Waals surface area contributed by atoms with Gasteiger partial charge in [-0.2, -0.15) is 5.26 Å². The van der Waals surface area contributed by atoms with Crippen molar-refractivity contribution in [2.45, 2.75) is 27.2 Å². The Morgan fingerprint density at radius 2 is 1.93 bits per heavy atom. The zero-order valence-electron chi connectivity index (χ0n) is 16.9. The molecule has 0 radical (unpaired) electrons. The SMILES string of the molecule is CCCOc1ccc2ccccc2c1C=C(C#N)c1nc2cc(C)c(C)cc2[nH]1. The molecule has 0 amide bonds. The molecular weight excluding hydrogens is 358 g/mol. The number of fused-ring (bicyclic) bond motifs is 2. The predicted octanol–water partition coefficient (Wildman–Crippen LogP) is 6.19. The summed E-state index contributed by atoms with van der Waals surface area (Å²) in [6.45, 7) is 6.85. The minimum absolute atomic E-state index is 0.481. The smallest absolute Gasteiger partial charge is 0.149 e. The lowest BCUT2D eigenvalue weighted by molar-refractivity contribution is 0.317. The van der Waals surface area contributed by atoms with Crippen LogP contribution in [-0.4, -0.2) is 16.6 Å². The molecule has 1 heterocycles. The van der Waals surface area contributed by atoms with Gasteiger partial charge in [-0.3, -0.25) is 0 Å². The lowest BCUT2D eigenvalue weighted by Crippen LogP contribution is -1.98. The highest BCUT2D eigenvalue weighted by molar-refractivity contribution is 6.00. The van der Waals surface area contributed by atoms with Gasteiger partial charge in [-0.25, -0.2) is 4.98 Å². The van der Waals surface area contributed by atoms with E-state index in [-0.39, 0.29) is 0 Å². The second kappa shape index (κ2) is 7.81. The molecule has 3 aromatic carbocycles. The van der Waals surface area contributed by atoms with E-state index in [1.165, 1.54) is 11.1 Å². The fraction of sp³-hybridized carbons (Fsp3) is 0.200. The van der Waals surface area contributed by atoms with E-state index in [9.17, 15) is 5.26 Å². The molecule has 0 bridgehead atoms. The number of ether oxygens (including phenoxy) is 1. The minimum Gasteiger partial charge on any atom is -0.493 e. The summed E-state index contributed by atoms with van der Waals surface area (Å²) in [7, 11) is 0. The van der Waals surface area contributed by atoms with E-state index >= 15 is 0 Å². The molecule has 1 aromatic heterocycles. The Bertz CT molecular complexity index is 1240. The van der Waals surface area contributed by atoms with Gasteiger partial charge in [0, 0.05) is 5.56 Å². The van der Waals surface area contributed by atoms with Gasteiger partial charge >= 0.3 is 0 Å². The van der Waals surface area contributed by atoms with Crippen molar-refractivity contribution in [2.24, 2.45) is 0 Å². The second-order valence-electron chi connectivity index (χ2n) is 7.26.